The lowest BCUT2D eigenvalue weighted by Gasteiger charge is -2.25. The zero-order chi connectivity index (χ0) is 10.7. The molecule has 78 valence electrons. The molecule has 0 bridgehead atoms. The molecule has 0 amide bonds. The third kappa shape index (κ3) is 7.62. The normalized spacial score (nSPS) is 14.2. The van der Waals surface area contributed by atoms with Gasteiger partial charge >= 0.3 is 0 Å². The molecule has 3 heteroatoms. The Morgan fingerprint density at radius 2 is 1.46 bits per heavy atom. The van der Waals surface area contributed by atoms with Crippen LogP contribution in [-0.4, -0.2) is 24.1 Å². The molecule has 0 aliphatic rings. The maximum atomic E-state index is 4.51. The molecule has 0 saturated carbocycles. The molecule has 13 heavy (non-hydrogen) atoms. The van der Waals surface area contributed by atoms with Crippen LogP contribution in [0.15, 0.2) is 4.99 Å². The number of hydrogen-bond acceptors (Lipinski definition) is 1. The number of guanidine groups is 1. The van der Waals surface area contributed by atoms with Gasteiger partial charge in [-0.1, -0.05) is 0 Å². The van der Waals surface area contributed by atoms with Crippen molar-refractivity contribution in [1.29, 1.82) is 0 Å². The van der Waals surface area contributed by atoms with Gasteiger partial charge in [0.05, 0.1) is 5.54 Å². The van der Waals surface area contributed by atoms with Crippen LogP contribution in [0, 0.1) is 0 Å². The van der Waals surface area contributed by atoms with Gasteiger partial charge in [0.15, 0.2) is 5.96 Å². The first-order chi connectivity index (χ1) is 5.64. The minimum absolute atomic E-state index is 0.0450. The van der Waals surface area contributed by atoms with Crippen LogP contribution >= 0.6 is 0 Å². The Morgan fingerprint density at radius 1 is 1.00 bits per heavy atom. The van der Waals surface area contributed by atoms with E-state index in [0.29, 0.717) is 0 Å². The lowest BCUT2D eigenvalue weighted by Crippen LogP contribution is -2.47. The fraction of sp³-hybridized carbons (Fsp3) is 0.900. The Labute approximate surface area is 82.0 Å². The molecule has 0 unspecified atom stereocenters. The summed E-state index contributed by atoms with van der Waals surface area (Å²) in [6, 6.07) is 0. The summed E-state index contributed by atoms with van der Waals surface area (Å²) in [4.78, 5) is 4.51. The van der Waals surface area contributed by atoms with Crippen molar-refractivity contribution in [2.75, 3.05) is 7.05 Å². The van der Waals surface area contributed by atoms with Crippen molar-refractivity contribution in [2.24, 2.45) is 4.99 Å². The van der Waals surface area contributed by atoms with Crippen LogP contribution in [0.1, 0.15) is 41.5 Å². The van der Waals surface area contributed by atoms with Gasteiger partial charge in [0.25, 0.3) is 0 Å². The number of rotatable bonds is 0. The number of nitrogens with zero attached hydrogens (tertiary/aromatic N) is 1. The van der Waals surface area contributed by atoms with E-state index in [1.807, 2.05) is 7.05 Å². The molecule has 0 fully saturated rings. The molecule has 0 radical (unpaired) electrons. The number of aliphatic imine (C=N–C) groups is 1. The summed E-state index contributed by atoms with van der Waals surface area (Å²) in [6.07, 6.45) is 0. The minimum atomic E-state index is -0.0450. The summed E-state index contributed by atoms with van der Waals surface area (Å²) in [5.74, 6) is 0.847. The van der Waals surface area contributed by atoms with Crippen LogP contribution in [0.25, 0.3) is 0 Å². The van der Waals surface area contributed by atoms with E-state index in [1.165, 1.54) is 0 Å². The average Bonchev–Trinajstić information content (AvgIpc) is 1.79. The first-order valence-electron chi connectivity index (χ1n) is 4.70. The van der Waals surface area contributed by atoms with Crippen molar-refractivity contribution in [2.45, 2.75) is 52.6 Å². The molecule has 0 aromatic heterocycles. The molecule has 3 nitrogen and oxygen atoms in total. The van der Waals surface area contributed by atoms with Crippen molar-refractivity contribution < 1.29 is 0 Å². The van der Waals surface area contributed by atoms with Crippen LogP contribution in [0.4, 0.5) is 0 Å². The van der Waals surface area contributed by atoms with Crippen LogP contribution in [0.2, 0.25) is 0 Å². The van der Waals surface area contributed by atoms with Gasteiger partial charge in [0, 0.05) is 12.6 Å². The molecule has 0 spiro atoms. The quantitative estimate of drug-likeness (QED) is 0.445. The van der Waals surface area contributed by atoms with E-state index < -0.39 is 0 Å². The highest BCUT2D eigenvalue weighted by molar-refractivity contribution is 5.80. The molecule has 0 aliphatic heterocycles. The third-order valence-corrected chi connectivity index (χ3v) is 1.18. The van der Waals surface area contributed by atoms with Crippen LogP contribution in [-0.2, 0) is 0 Å². The molecular weight excluding hydrogens is 162 g/mol. The van der Waals surface area contributed by atoms with Gasteiger partial charge in [-0.2, -0.15) is 0 Å². The molecule has 0 aromatic rings. The zero-order valence-corrected chi connectivity index (χ0v) is 9.95. The summed E-state index contributed by atoms with van der Waals surface area (Å²) in [7, 11) is 1.88. The predicted molar refractivity (Wildman–Crippen MR) is 59.1 cm³/mol. The Balaban J connectivity index is 4.45. The lowest BCUT2D eigenvalue weighted by molar-refractivity contribution is 0.493. The molecule has 0 saturated heterocycles. The first-order valence-corrected chi connectivity index (χ1v) is 4.70. The molecule has 0 atom stereocenters. The third-order valence-electron chi connectivity index (χ3n) is 1.18. The fourth-order valence-corrected chi connectivity index (χ4v) is 0.837. The van der Waals surface area contributed by atoms with Crippen LogP contribution < -0.4 is 10.6 Å². The molecule has 2 N–H and O–H groups in total. The summed E-state index contributed by atoms with van der Waals surface area (Å²) in [6.45, 7) is 12.6. The summed E-state index contributed by atoms with van der Waals surface area (Å²) in [5.41, 5.74) is 0.00366. The summed E-state index contributed by atoms with van der Waals surface area (Å²) in [5, 5.41) is 6.36. The van der Waals surface area contributed by atoms with Gasteiger partial charge < -0.3 is 10.6 Å². The van der Waals surface area contributed by atoms with E-state index in [-0.39, 0.29) is 11.1 Å². The van der Waals surface area contributed by atoms with E-state index >= 15 is 0 Å². The van der Waals surface area contributed by atoms with E-state index in [0.717, 1.165) is 5.96 Å². The second kappa shape index (κ2) is 3.99. The zero-order valence-electron chi connectivity index (χ0n) is 9.95. The lowest BCUT2D eigenvalue weighted by atomic mass is 10.1. The van der Waals surface area contributed by atoms with Crippen molar-refractivity contribution in [3.63, 3.8) is 0 Å². The van der Waals surface area contributed by atoms with Gasteiger partial charge in [0.1, 0.15) is 0 Å². The summed E-state index contributed by atoms with van der Waals surface area (Å²) < 4.78 is 0. The maximum Gasteiger partial charge on any atom is 0.191 e. The largest absolute Gasteiger partial charge is 0.359 e. The van der Waals surface area contributed by atoms with Gasteiger partial charge in [-0.05, 0) is 41.5 Å². The number of nitrogens with one attached hydrogen (secondary N) is 2. The maximum absolute atomic E-state index is 4.51. The first kappa shape index (κ1) is 12.3. The highest BCUT2D eigenvalue weighted by Gasteiger charge is 2.14. The summed E-state index contributed by atoms with van der Waals surface area (Å²) >= 11 is 0. The molecule has 0 aromatic carbocycles. The van der Waals surface area contributed by atoms with Gasteiger partial charge in [0.2, 0.25) is 0 Å². The molecular formula is C10H23N3. The minimum Gasteiger partial charge on any atom is -0.359 e. The van der Waals surface area contributed by atoms with Crippen molar-refractivity contribution in [3.05, 3.63) is 0 Å². The van der Waals surface area contributed by atoms with Gasteiger partial charge in [-0.15, -0.1) is 0 Å². The van der Waals surface area contributed by atoms with E-state index in [4.69, 9.17) is 0 Å². The SMILES string of the molecule is CN/C(=N\C(C)(C)C)NC(C)(C)C. The van der Waals surface area contributed by atoms with Gasteiger partial charge in [-0.3, -0.25) is 0 Å². The van der Waals surface area contributed by atoms with Crippen LogP contribution in [0.3, 0.4) is 0 Å². The van der Waals surface area contributed by atoms with E-state index in [9.17, 15) is 0 Å². The average molecular weight is 185 g/mol. The second-order valence-corrected chi connectivity index (χ2v) is 5.26. The Kier molecular flexibility index (Phi) is 3.76. The Bertz CT molecular complexity index is 181. The standard InChI is InChI=1S/C10H23N3/c1-9(2,3)12-8(11-7)13-10(4,5)6/h1-7H3,(H2,11,12,13). The van der Waals surface area contributed by atoms with Crippen molar-refractivity contribution in [3.8, 4) is 0 Å². The van der Waals surface area contributed by atoms with E-state index in [1.54, 1.807) is 0 Å². The highest BCUT2D eigenvalue weighted by atomic mass is 15.2. The fourth-order valence-electron chi connectivity index (χ4n) is 0.837. The number of hydrogen-bond donors (Lipinski definition) is 2. The predicted octanol–water partition coefficient (Wildman–Crippen LogP) is 1.75. The Morgan fingerprint density at radius 3 is 1.69 bits per heavy atom. The Hall–Kier alpha value is -0.730. The molecule has 0 heterocycles. The van der Waals surface area contributed by atoms with Gasteiger partial charge in [-0.25, -0.2) is 4.99 Å². The highest BCUT2D eigenvalue weighted by Crippen LogP contribution is 2.06. The topological polar surface area (TPSA) is 36.4 Å². The van der Waals surface area contributed by atoms with Crippen molar-refractivity contribution >= 4 is 5.96 Å². The van der Waals surface area contributed by atoms with Crippen molar-refractivity contribution in [1.82, 2.24) is 10.6 Å². The molecule has 0 aliphatic carbocycles. The van der Waals surface area contributed by atoms with Crippen LogP contribution in [0.5, 0.6) is 0 Å². The monoisotopic (exact) mass is 185 g/mol. The smallest absolute Gasteiger partial charge is 0.191 e. The van der Waals surface area contributed by atoms with E-state index in [2.05, 4.69) is 57.2 Å². The second-order valence-electron chi connectivity index (χ2n) is 5.26. The molecule has 0 rings (SSSR count).